The Bertz CT molecular complexity index is 324. The Morgan fingerprint density at radius 1 is 1.06 bits per heavy atom. The van der Waals surface area contributed by atoms with Crippen molar-refractivity contribution in [3.8, 4) is 5.75 Å². The second-order valence-corrected chi connectivity index (χ2v) is 4.98. The Kier molecular flexibility index (Phi) is 4.90. The maximum atomic E-state index is 6.11. The maximum absolute atomic E-state index is 6.11. The lowest BCUT2D eigenvalue weighted by atomic mass is 9.98. The molecule has 1 heteroatoms. The predicted molar refractivity (Wildman–Crippen MR) is 72.2 cm³/mol. The van der Waals surface area contributed by atoms with Crippen molar-refractivity contribution in [3.05, 3.63) is 36.8 Å². The van der Waals surface area contributed by atoms with Crippen LogP contribution in [0.1, 0.15) is 50.5 Å². The van der Waals surface area contributed by atoms with E-state index in [1.807, 2.05) is 0 Å². The van der Waals surface area contributed by atoms with E-state index in [0.29, 0.717) is 6.10 Å². The summed E-state index contributed by atoms with van der Waals surface area (Å²) >= 11 is 0. The van der Waals surface area contributed by atoms with Crippen LogP contribution >= 0.6 is 0 Å². The van der Waals surface area contributed by atoms with E-state index in [9.17, 15) is 0 Å². The van der Waals surface area contributed by atoms with Crippen molar-refractivity contribution in [3.63, 3.8) is 0 Å². The van der Waals surface area contributed by atoms with Crippen molar-refractivity contribution in [2.75, 3.05) is 0 Å². The highest BCUT2D eigenvalue weighted by Gasteiger charge is 2.12. The molecule has 1 fully saturated rings. The highest BCUT2D eigenvalue weighted by Crippen LogP contribution is 2.23. The second-order valence-electron chi connectivity index (χ2n) is 4.98. The Labute approximate surface area is 105 Å². The monoisotopic (exact) mass is 231 g/mol. The molecule has 1 aliphatic rings. The molecule has 0 atom stereocenters. The van der Waals surface area contributed by atoms with Crippen molar-refractivity contribution in [2.24, 2.45) is 0 Å². The highest BCUT2D eigenvalue weighted by atomic mass is 16.5. The summed E-state index contributed by atoms with van der Waals surface area (Å²) in [6.07, 6.45) is 10.5. The lowest BCUT2D eigenvalue weighted by Crippen LogP contribution is -2.17. The third kappa shape index (κ3) is 4.07. The molecule has 0 saturated heterocycles. The first-order valence-electron chi connectivity index (χ1n) is 6.93. The zero-order valence-electron chi connectivity index (χ0n) is 10.7. The fourth-order valence-corrected chi connectivity index (χ4v) is 2.50. The topological polar surface area (TPSA) is 9.23 Å². The van der Waals surface area contributed by atoms with Crippen LogP contribution in [-0.4, -0.2) is 6.10 Å². The number of hydrogen-bond acceptors (Lipinski definition) is 1. The molecule has 93 valence electrons. The van der Waals surface area contributed by atoms with Gasteiger partial charge in [0, 0.05) is 0 Å². The van der Waals surface area contributed by atoms with Gasteiger partial charge in [-0.1, -0.05) is 31.4 Å². The molecule has 0 N–H and O–H groups in total. The molecule has 17 heavy (non-hydrogen) atoms. The standard InChI is InChI=1S/C16H23O/c1-2-14-9-8-12-16(13-14)17-15-10-6-4-3-5-7-11-15/h8-9,12-13,15H,1-7,10-11H2. The van der Waals surface area contributed by atoms with E-state index in [2.05, 4.69) is 31.2 Å². The Morgan fingerprint density at radius 2 is 1.76 bits per heavy atom. The van der Waals surface area contributed by atoms with Gasteiger partial charge in [-0.05, 0) is 56.7 Å². The second kappa shape index (κ2) is 6.68. The SMILES string of the molecule is [CH2]Cc1cccc(OC2CCCCCCC2)c1. The quantitative estimate of drug-likeness (QED) is 0.741. The van der Waals surface area contributed by atoms with Gasteiger partial charge in [-0.3, -0.25) is 0 Å². The van der Waals surface area contributed by atoms with Gasteiger partial charge < -0.3 is 4.74 Å². The molecule has 0 aromatic heterocycles. The van der Waals surface area contributed by atoms with E-state index < -0.39 is 0 Å². The van der Waals surface area contributed by atoms with Gasteiger partial charge in [0.1, 0.15) is 5.75 Å². The van der Waals surface area contributed by atoms with Gasteiger partial charge in [-0.2, -0.15) is 0 Å². The number of hydrogen-bond donors (Lipinski definition) is 0. The maximum Gasteiger partial charge on any atom is 0.119 e. The van der Waals surface area contributed by atoms with Gasteiger partial charge in [-0.25, -0.2) is 0 Å². The molecule has 1 aromatic rings. The molecule has 1 saturated carbocycles. The zero-order valence-corrected chi connectivity index (χ0v) is 10.7. The molecule has 1 nitrogen and oxygen atoms in total. The number of rotatable bonds is 3. The van der Waals surface area contributed by atoms with Crippen molar-refractivity contribution >= 4 is 0 Å². The first-order chi connectivity index (χ1) is 8.38. The van der Waals surface area contributed by atoms with E-state index >= 15 is 0 Å². The van der Waals surface area contributed by atoms with Crippen LogP contribution in [0.15, 0.2) is 24.3 Å². The molecule has 1 aliphatic carbocycles. The highest BCUT2D eigenvalue weighted by molar-refractivity contribution is 5.29. The Hall–Kier alpha value is -0.980. The normalized spacial score (nSPS) is 18.4. The van der Waals surface area contributed by atoms with Crippen LogP contribution in [-0.2, 0) is 6.42 Å². The van der Waals surface area contributed by atoms with Crippen LogP contribution in [0.3, 0.4) is 0 Å². The summed E-state index contributed by atoms with van der Waals surface area (Å²) in [6.45, 7) is 3.92. The average Bonchev–Trinajstić information content (AvgIpc) is 2.33. The Morgan fingerprint density at radius 3 is 2.47 bits per heavy atom. The molecule has 1 radical (unpaired) electrons. The van der Waals surface area contributed by atoms with Crippen molar-refractivity contribution in [1.29, 1.82) is 0 Å². The first-order valence-corrected chi connectivity index (χ1v) is 6.93. The van der Waals surface area contributed by atoms with Crippen LogP contribution in [0.4, 0.5) is 0 Å². The Balaban J connectivity index is 1.93. The van der Waals surface area contributed by atoms with E-state index in [0.717, 1.165) is 12.2 Å². The largest absolute Gasteiger partial charge is 0.490 e. The average molecular weight is 231 g/mol. The van der Waals surface area contributed by atoms with Gasteiger partial charge in [0.05, 0.1) is 6.10 Å². The van der Waals surface area contributed by atoms with E-state index in [4.69, 9.17) is 4.74 Å². The molecular formula is C16H23O. The summed E-state index contributed by atoms with van der Waals surface area (Å²) in [5, 5.41) is 0. The molecule has 0 aliphatic heterocycles. The molecular weight excluding hydrogens is 208 g/mol. The van der Waals surface area contributed by atoms with Gasteiger partial charge in [0.2, 0.25) is 0 Å². The predicted octanol–water partition coefficient (Wildman–Crippen LogP) is 4.55. The molecule has 1 aromatic carbocycles. The fraction of sp³-hybridized carbons (Fsp3) is 0.562. The van der Waals surface area contributed by atoms with Gasteiger partial charge in [-0.15, -0.1) is 0 Å². The summed E-state index contributed by atoms with van der Waals surface area (Å²) in [6, 6.07) is 8.38. The summed E-state index contributed by atoms with van der Waals surface area (Å²) in [4.78, 5) is 0. The summed E-state index contributed by atoms with van der Waals surface area (Å²) in [5.74, 6) is 1.02. The van der Waals surface area contributed by atoms with Crippen molar-refractivity contribution in [1.82, 2.24) is 0 Å². The molecule has 0 amide bonds. The fourth-order valence-electron chi connectivity index (χ4n) is 2.50. The minimum atomic E-state index is 0.426. The van der Waals surface area contributed by atoms with Crippen LogP contribution in [0.5, 0.6) is 5.75 Å². The smallest absolute Gasteiger partial charge is 0.119 e. The van der Waals surface area contributed by atoms with E-state index in [-0.39, 0.29) is 0 Å². The minimum absolute atomic E-state index is 0.426. The third-order valence-electron chi connectivity index (χ3n) is 3.54. The van der Waals surface area contributed by atoms with E-state index in [1.165, 1.54) is 50.5 Å². The summed E-state index contributed by atoms with van der Waals surface area (Å²) < 4.78 is 6.11. The minimum Gasteiger partial charge on any atom is -0.490 e. The molecule has 0 unspecified atom stereocenters. The lowest BCUT2D eigenvalue weighted by Gasteiger charge is -2.21. The van der Waals surface area contributed by atoms with Crippen LogP contribution in [0.25, 0.3) is 0 Å². The summed E-state index contributed by atoms with van der Waals surface area (Å²) in [7, 11) is 0. The molecule has 0 heterocycles. The van der Waals surface area contributed by atoms with Gasteiger partial charge in [0.15, 0.2) is 0 Å². The van der Waals surface area contributed by atoms with Crippen LogP contribution in [0, 0.1) is 6.92 Å². The van der Waals surface area contributed by atoms with Crippen molar-refractivity contribution < 1.29 is 4.74 Å². The molecule has 0 bridgehead atoms. The van der Waals surface area contributed by atoms with E-state index in [1.54, 1.807) is 0 Å². The number of benzene rings is 1. The van der Waals surface area contributed by atoms with Crippen LogP contribution in [0.2, 0.25) is 0 Å². The zero-order chi connectivity index (χ0) is 11.9. The van der Waals surface area contributed by atoms with Crippen LogP contribution < -0.4 is 4.74 Å². The van der Waals surface area contributed by atoms with Gasteiger partial charge >= 0.3 is 0 Å². The first kappa shape index (κ1) is 12.5. The molecule has 0 spiro atoms. The lowest BCUT2D eigenvalue weighted by molar-refractivity contribution is 0.166. The van der Waals surface area contributed by atoms with Gasteiger partial charge in [0.25, 0.3) is 0 Å². The number of ether oxygens (including phenoxy) is 1. The summed E-state index contributed by atoms with van der Waals surface area (Å²) in [5.41, 5.74) is 1.26. The van der Waals surface area contributed by atoms with Crippen molar-refractivity contribution in [2.45, 2.75) is 57.5 Å². The molecule has 2 rings (SSSR count). The third-order valence-corrected chi connectivity index (χ3v) is 3.54.